The Hall–Kier alpha value is -2.73. The molecule has 0 aliphatic heterocycles. The van der Waals surface area contributed by atoms with Crippen molar-refractivity contribution in [1.29, 1.82) is 0 Å². The monoisotopic (exact) mass is 342 g/mol. The smallest absolute Gasteiger partial charge is 0.253 e. The van der Waals surface area contributed by atoms with Crippen LogP contribution in [0.2, 0.25) is 5.02 Å². The summed E-state index contributed by atoms with van der Waals surface area (Å²) in [5, 5.41) is 4.47. The number of halogens is 1. The van der Waals surface area contributed by atoms with Gasteiger partial charge in [-0.3, -0.25) is 9.59 Å². The third-order valence-corrected chi connectivity index (χ3v) is 3.70. The van der Waals surface area contributed by atoms with Crippen molar-refractivity contribution in [3.05, 3.63) is 63.2 Å². The van der Waals surface area contributed by atoms with Crippen LogP contribution < -0.4 is 10.9 Å². The standard InChI is InChI=1S/C17H15ClN4O2/c1-10(23)6-14-4-5-19-17(21-14)20-9-12-7-11-8-13(18)2-3-15(11)22-16(12)24/h2-5,7-8H,6,9H2,1H3,(H,22,24)(H,19,20,21). The van der Waals surface area contributed by atoms with E-state index in [0.29, 0.717) is 22.2 Å². The molecule has 2 aromatic heterocycles. The first-order valence-corrected chi connectivity index (χ1v) is 7.76. The lowest BCUT2D eigenvalue weighted by atomic mass is 10.1. The third-order valence-electron chi connectivity index (χ3n) is 3.46. The van der Waals surface area contributed by atoms with E-state index in [1.54, 1.807) is 36.5 Å². The summed E-state index contributed by atoms with van der Waals surface area (Å²) >= 11 is 5.99. The van der Waals surface area contributed by atoms with Gasteiger partial charge in [-0.2, -0.15) is 0 Å². The molecule has 3 rings (SSSR count). The Labute approximate surface area is 142 Å². The molecular formula is C17H15ClN4O2. The molecule has 0 fully saturated rings. The molecule has 7 heteroatoms. The fourth-order valence-electron chi connectivity index (χ4n) is 2.36. The van der Waals surface area contributed by atoms with Crippen molar-refractivity contribution in [2.75, 3.05) is 5.32 Å². The zero-order valence-electron chi connectivity index (χ0n) is 13.0. The first-order chi connectivity index (χ1) is 11.5. The van der Waals surface area contributed by atoms with Gasteiger partial charge in [-0.25, -0.2) is 9.97 Å². The van der Waals surface area contributed by atoms with Crippen LogP contribution in [0, 0.1) is 0 Å². The summed E-state index contributed by atoms with van der Waals surface area (Å²) in [6, 6.07) is 8.76. The van der Waals surface area contributed by atoms with Crippen molar-refractivity contribution in [2.45, 2.75) is 19.9 Å². The maximum Gasteiger partial charge on any atom is 0.253 e. The second kappa shape index (κ2) is 6.80. The highest BCUT2D eigenvalue weighted by Crippen LogP contribution is 2.17. The number of anilines is 1. The topological polar surface area (TPSA) is 87.7 Å². The Morgan fingerprint density at radius 3 is 2.92 bits per heavy atom. The Morgan fingerprint density at radius 1 is 1.29 bits per heavy atom. The maximum absolute atomic E-state index is 12.1. The number of fused-ring (bicyclic) bond motifs is 1. The molecule has 1 aromatic carbocycles. The number of nitrogens with zero attached hydrogens (tertiary/aromatic N) is 2. The molecule has 2 heterocycles. The van der Waals surface area contributed by atoms with Gasteiger partial charge in [0.25, 0.3) is 5.56 Å². The summed E-state index contributed by atoms with van der Waals surface area (Å²) < 4.78 is 0. The number of carbonyl (C=O) groups is 1. The van der Waals surface area contributed by atoms with E-state index in [4.69, 9.17) is 11.6 Å². The average molecular weight is 343 g/mol. The zero-order chi connectivity index (χ0) is 17.1. The summed E-state index contributed by atoms with van der Waals surface area (Å²) in [6.07, 6.45) is 1.84. The van der Waals surface area contributed by atoms with Crippen molar-refractivity contribution in [1.82, 2.24) is 15.0 Å². The zero-order valence-corrected chi connectivity index (χ0v) is 13.7. The van der Waals surface area contributed by atoms with Gasteiger partial charge in [0.15, 0.2) is 0 Å². The second-order valence-electron chi connectivity index (χ2n) is 5.46. The summed E-state index contributed by atoms with van der Waals surface area (Å²) in [7, 11) is 0. The summed E-state index contributed by atoms with van der Waals surface area (Å²) in [5.41, 5.74) is 1.73. The molecule has 0 radical (unpaired) electrons. The molecule has 122 valence electrons. The number of benzene rings is 1. The summed E-state index contributed by atoms with van der Waals surface area (Å²) in [5.74, 6) is 0.404. The minimum atomic E-state index is -0.183. The molecule has 0 saturated heterocycles. The highest BCUT2D eigenvalue weighted by Gasteiger charge is 2.06. The summed E-state index contributed by atoms with van der Waals surface area (Å²) in [6.45, 7) is 1.77. The van der Waals surface area contributed by atoms with Crippen molar-refractivity contribution < 1.29 is 4.79 Å². The third kappa shape index (κ3) is 3.78. The number of pyridine rings is 1. The fourth-order valence-corrected chi connectivity index (χ4v) is 2.54. The molecule has 0 saturated carbocycles. The number of Topliss-reactive ketones (excluding diaryl/α,β-unsaturated/α-hetero) is 1. The molecule has 0 bridgehead atoms. The van der Waals surface area contributed by atoms with Crippen molar-refractivity contribution in [3.63, 3.8) is 0 Å². The SMILES string of the molecule is CC(=O)Cc1ccnc(NCc2cc3cc(Cl)ccc3[nH]c2=O)n1. The molecule has 0 unspecified atom stereocenters. The quantitative estimate of drug-likeness (QED) is 0.744. The molecule has 0 aliphatic carbocycles. The fraction of sp³-hybridized carbons (Fsp3) is 0.176. The van der Waals surface area contributed by atoms with Crippen LogP contribution in [-0.4, -0.2) is 20.7 Å². The van der Waals surface area contributed by atoms with Gasteiger partial charge in [-0.1, -0.05) is 11.6 Å². The second-order valence-corrected chi connectivity index (χ2v) is 5.90. The number of nitrogens with one attached hydrogen (secondary N) is 2. The molecule has 6 nitrogen and oxygen atoms in total. The van der Waals surface area contributed by atoms with Gasteiger partial charge in [-0.05, 0) is 37.3 Å². The number of aromatic nitrogens is 3. The molecular weight excluding hydrogens is 328 g/mol. The number of H-pyrrole nitrogens is 1. The molecule has 2 N–H and O–H groups in total. The first kappa shape index (κ1) is 16.1. The number of aromatic amines is 1. The molecule has 0 spiro atoms. The lowest BCUT2D eigenvalue weighted by molar-refractivity contribution is -0.116. The normalized spacial score (nSPS) is 10.8. The van der Waals surface area contributed by atoms with E-state index >= 15 is 0 Å². The first-order valence-electron chi connectivity index (χ1n) is 7.38. The Kier molecular flexibility index (Phi) is 4.57. The molecule has 0 aliphatic rings. The predicted molar refractivity (Wildman–Crippen MR) is 93.3 cm³/mol. The lowest BCUT2D eigenvalue weighted by Crippen LogP contribution is -2.16. The molecule has 0 amide bonds. The number of ketones is 1. The van der Waals surface area contributed by atoms with Crippen LogP contribution in [0.5, 0.6) is 0 Å². The van der Waals surface area contributed by atoms with Gasteiger partial charge in [0, 0.05) is 40.7 Å². The molecule has 3 aromatic rings. The van der Waals surface area contributed by atoms with E-state index in [0.717, 1.165) is 10.9 Å². The number of carbonyl (C=O) groups excluding carboxylic acids is 1. The van der Waals surface area contributed by atoms with Crippen LogP contribution in [0.15, 0.2) is 41.3 Å². The minimum Gasteiger partial charge on any atom is -0.350 e. The van der Waals surface area contributed by atoms with Crippen LogP contribution in [0.25, 0.3) is 10.9 Å². The Balaban J connectivity index is 1.81. The largest absolute Gasteiger partial charge is 0.350 e. The van der Waals surface area contributed by atoms with Crippen LogP contribution in [-0.2, 0) is 17.8 Å². The van der Waals surface area contributed by atoms with E-state index in [2.05, 4.69) is 20.3 Å². The van der Waals surface area contributed by atoms with Crippen LogP contribution in [0.3, 0.4) is 0 Å². The van der Waals surface area contributed by atoms with E-state index in [1.807, 2.05) is 0 Å². The maximum atomic E-state index is 12.1. The predicted octanol–water partition coefficient (Wildman–Crippen LogP) is 2.72. The van der Waals surface area contributed by atoms with Gasteiger partial charge in [-0.15, -0.1) is 0 Å². The van der Waals surface area contributed by atoms with E-state index in [-0.39, 0.29) is 24.3 Å². The van der Waals surface area contributed by atoms with Crippen LogP contribution in [0.1, 0.15) is 18.2 Å². The van der Waals surface area contributed by atoms with Gasteiger partial charge >= 0.3 is 0 Å². The Morgan fingerprint density at radius 2 is 2.12 bits per heavy atom. The summed E-state index contributed by atoms with van der Waals surface area (Å²) in [4.78, 5) is 34.5. The van der Waals surface area contributed by atoms with Gasteiger partial charge in [0.2, 0.25) is 5.95 Å². The van der Waals surface area contributed by atoms with Gasteiger partial charge < -0.3 is 10.3 Å². The Bertz CT molecular complexity index is 968. The molecule has 24 heavy (non-hydrogen) atoms. The highest BCUT2D eigenvalue weighted by molar-refractivity contribution is 6.31. The van der Waals surface area contributed by atoms with E-state index in [1.165, 1.54) is 6.92 Å². The number of rotatable bonds is 5. The van der Waals surface area contributed by atoms with E-state index < -0.39 is 0 Å². The number of hydrogen-bond acceptors (Lipinski definition) is 5. The van der Waals surface area contributed by atoms with Crippen LogP contribution >= 0.6 is 11.6 Å². The van der Waals surface area contributed by atoms with Crippen LogP contribution in [0.4, 0.5) is 5.95 Å². The molecule has 0 atom stereocenters. The van der Waals surface area contributed by atoms with Crippen molar-refractivity contribution in [2.24, 2.45) is 0 Å². The minimum absolute atomic E-state index is 0.0301. The van der Waals surface area contributed by atoms with Gasteiger partial charge in [0.05, 0.1) is 5.69 Å². The van der Waals surface area contributed by atoms with Crippen molar-refractivity contribution >= 4 is 34.2 Å². The number of hydrogen-bond donors (Lipinski definition) is 2. The average Bonchev–Trinajstić information content (AvgIpc) is 2.53. The van der Waals surface area contributed by atoms with Crippen molar-refractivity contribution in [3.8, 4) is 0 Å². The lowest BCUT2D eigenvalue weighted by Gasteiger charge is -2.07. The van der Waals surface area contributed by atoms with E-state index in [9.17, 15) is 9.59 Å². The highest BCUT2D eigenvalue weighted by atomic mass is 35.5. The van der Waals surface area contributed by atoms with Gasteiger partial charge in [0.1, 0.15) is 5.78 Å².